The zero-order valence-electron chi connectivity index (χ0n) is 16.5. The van der Waals surface area contributed by atoms with Crippen LogP contribution in [0, 0.1) is 0 Å². The normalized spacial score (nSPS) is 10.8. The molecule has 0 radical (unpaired) electrons. The van der Waals surface area contributed by atoms with Gasteiger partial charge >= 0.3 is 63.4 Å². The maximum atomic E-state index is 12.6. The average molecular weight is 382 g/mol. The number of ether oxygens (including phenoxy) is 2. The Morgan fingerprint density at radius 3 is 2.33 bits per heavy atom. The Morgan fingerprint density at radius 2 is 1.88 bits per heavy atom. The van der Waals surface area contributed by atoms with E-state index in [1.807, 2.05) is 13.8 Å². The summed E-state index contributed by atoms with van der Waals surface area (Å²) in [5.41, 5.74) is -0.314. The summed E-state index contributed by atoms with van der Waals surface area (Å²) in [6, 6.07) is 4.68. The number of halogens is 1. The molecular weight excluding hydrogens is 357 g/mol. The van der Waals surface area contributed by atoms with Gasteiger partial charge in [0.15, 0.2) is 5.75 Å². The molecule has 0 aliphatic rings. The van der Waals surface area contributed by atoms with E-state index >= 15 is 0 Å². The maximum Gasteiger partial charge on any atom is 1.00 e. The van der Waals surface area contributed by atoms with Crippen molar-refractivity contribution in [3.05, 3.63) is 23.2 Å². The van der Waals surface area contributed by atoms with Gasteiger partial charge in [0.05, 0.1) is 5.02 Å². The summed E-state index contributed by atoms with van der Waals surface area (Å²) in [5, 5.41) is 0.311. The number of carbonyl (C=O) groups is 2. The second kappa shape index (κ2) is 10.1. The van der Waals surface area contributed by atoms with E-state index in [4.69, 9.17) is 21.1 Å². The summed E-state index contributed by atoms with van der Waals surface area (Å²) in [7, 11) is 0. The minimum absolute atomic E-state index is 0. The molecule has 1 aromatic carbocycles. The van der Waals surface area contributed by atoms with Crippen LogP contribution in [0.25, 0.3) is 0 Å². The Bertz CT molecular complexity index is 591. The Kier molecular flexibility index (Phi) is 10.1. The number of hydrogen-bond donors (Lipinski definition) is 0. The zero-order valence-corrected chi connectivity index (χ0v) is 19.4. The van der Waals surface area contributed by atoms with Crippen molar-refractivity contribution in [2.24, 2.45) is 0 Å². The topological polar surface area (TPSA) is 55.8 Å². The minimum Gasteiger partial charge on any atom is -1.00 e. The van der Waals surface area contributed by atoms with Crippen LogP contribution in [0.5, 0.6) is 5.75 Å². The SMILES string of the molecule is CCC(=O)Oc1cccc(Cl)c1N(C(=O)OC(C)(C)C)C(C)C.[H-].[K+]. The number of hydrogen-bond acceptors (Lipinski definition) is 4. The summed E-state index contributed by atoms with van der Waals surface area (Å²) in [4.78, 5) is 25.6. The van der Waals surface area contributed by atoms with E-state index in [1.165, 1.54) is 4.90 Å². The number of carbonyl (C=O) groups excluding carboxylic acids is 2. The van der Waals surface area contributed by atoms with Crippen molar-refractivity contribution in [2.75, 3.05) is 4.90 Å². The number of esters is 1. The molecule has 0 saturated carbocycles. The Labute approximate surface area is 192 Å². The molecule has 1 rings (SSSR count). The first-order valence-corrected chi connectivity index (χ1v) is 7.96. The van der Waals surface area contributed by atoms with Gasteiger partial charge in [0.2, 0.25) is 0 Å². The number of benzene rings is 1. The summed E-state index contributed by atoms with van der Waals surface area (Å²) < 4.78 is 10.8. The van der Waals surface area contributed by atoms with Gasteiger partial charge in [0, 0.05) is 12.5 Å². The summed E-state index contributed by atoms with van der Waals surface area (Å²) in [6.07, 6.45) is -0.325. The molecule has 0 aromatic heterocycles. The standard InChI is InChI=1S/C17H24ClNO4.K.H/c1-7-14(20)22-13-10-8-9-12(18)15(13)19(11(2)3)16(21)23-17(4,5)6;;/h8-11H,7H2,1-6H3;;/q;+1;-1. The van der Waals surface area contributed by atoms with Crippen LogP contribution in [0.3, 0.4) is 0 Å². The van der Waals surface area contributed by atoms with Crippen LogP contribution >= 0.6 is 11.6 Å². The maximum absolute atomic E-state index is 12.6. The fourth-order valence-electron chi connectivity index (χ4n) is 1.88. The minimum atomic E-state index is -0.647. The van der Waals surface area contributed by atoms with E-state index in [9.17, 15) is 9.59 Å². The smallest absolute Gasteiger partial charge is 1.00 e. The van der Waals surface area contributed by atoms with Gasteiger partial charge in [-0.1, -0.05) is 24.6 Å². The van der Waals surface area contributed by atoms with Gasteiger partial charge in [-0.2, -0.15) is 0 Å². The van der Waals surface area contributed by atoms with Gasteiger partial charge in [-0.25, -0.2) is 4.79 Å². The molecule has 0 aliphatic carbocycles. The fourth-order valence-corrected chi connectivity index (χ4v) is 2.13. The van der Waals surface area contributed by atoms with Gasteiger partial charge in [-0.05, 0) is 46.8 Å². The van der Waals surface area contributed by atoms with Crippen LogP contribution in [0.4, 0.5) is 10.5 Å². The Balaban J connectivity index is 0. The molecule has 0 unspecified atom stereocenters. The number of rotatable bonds is 4. The molecule has 0 aliphatic heterocycles. The molecule has 0 atom stereocenters. The molecule has 0 saturated heterocycles. The third-order valence-corrected chi connectivity index (χ3v) is 3.11. The predicted molar refractivity (Wildman–Crippen MR) is 92.3 cm³/mol. The molecule has 0 heterocycles. The average Bonchev–Trinajstić information content (AvgIpc) is 2.39. The fraction of sp³-hybridized carbons (Fsp3) is 0.529. The summed E-state index contributed by atoms with van der Waals surface area (Å²) in [6.45, 7) is 10.7. The quantitative estimate of drug-likeness (QED) is 0.454. The molecule has 7 heteroatoms. The van der Waals surface area contributed by atoms with Crippen molar-refractivity contribution >= 4 is 29.4 Å². The summed E-state index contributed by atoms with van der Waals surface area (Å²) >= 11 is 6.27. The van der Waals surface area contributed by atoms with Crippen molar-refractivity contribution in [1.29, 1.82) is 0 Å². The third kappa shape index (κ3) is 7.02. The van der Waals surface area contributed by atoms with Gasteiger partial charge in [0.25, 0.3) is 0 Å². The largest absolute Gasteiger partial charge is 1.00 e. The van der Waals surface area contributed by atoms with Crippen molar-refractivity contribution in [3.63, 3.8) is 0 Å². The number of nitrogens with zero attached hydrogens (tertiary/aromatic N) is 1. The molecule has 5 nitrogen and oxygen atoms in total. The zero-order chi connectivity index (χ0) is 17.8. The summed E-state index contributed by atoms with van der Waals surface area (Å²) in [5.74, 6) is -0.162. The predicted octanol–water partition coefficient (Wildman–Crippen LogP) is 1.92. The van der Waals surface area contributed by atoms with Gasteiger partial charge in [0.1, 0.15) is 11.3 Å². The van der Waals surface area contributed by atoms with Crippen molar-refractivity contribution in [3.8, 4) is 5.75 Å². The van der Waals surface area contributed by atoms with Crippen LogP contribution in [-0.4, -0.2) is 23.7 Å². The second-order valence-corrected chi connectivity index (χ2v) is 6.77. The van der Waals surface area contributed by atoms with E-state index in [-0.39, 0.29) is 71.0 Å². The number of para-hydroxylation sites is 1. The van der Waals surface area contributed by atoms with Gasteiger partial charge < -0.3 is 10.9 Å². The van der Waals surface area contributed by atoms with Crippen LogP contribution in [0.1, 0.15) is 49.4 Å². The van der Waals surface area contributed by atoms with E-state index in [1.54, 1.807) is 45.9 Å². The molecule has 0 fully saturated rings. The van der Waals surface area contributed by atoms with Crippen molar-refractivity contribution in [2.45, 2.75) is 59.6 Å². The Morgan fingerprint density at radius 1 is 1.29 bits per heavy atom. The number of anilines is 1. The van der Waals surface area contributed by atoms with E-state index in [0.717, 1.165) is 0 Å². The molecule has 0 N–H and O–H groups in total. The second-order valence-electron chi connectivity index (χ2n) is 6.36. The third-order valence-electron chi connectivity index (χ3n) is 2.81. The first kappa shape index (κ1) is 23.9. The van der Waals surface area contributed by atoms with E-state index in [2.05, 4.69) is 0 Å². The van der Waals surface area contributed by atoms with Gasteiger partial charge in [-0.3, -0.25) is 9.69 Å². The van der Waals surface area contributed by atoms with Crippen LogP contribution in [-0.2, 0) is 9.53 Å². The first-order valence-electron chi connectivity index (χ1n) is 7.58. The molecule has 0 spiro atoms. The molecular formula is C17H25ClKNO4. The van der Waals surface area contributed by atoms with Crippen molar-refractivity contribution < 1.29 is 71.9 Å². The van der Waals surface area contributed by atoms with Gasteiger partial charge in [-0.15, -0.1) is 0 Å². The molecule has 130 valence electrons. The van der Waals surface area contributed by atoms with Crippen LogP contribution in [0.2, 0.25) is 5.02 Å². The van der Waals surface area contributed by atoms with Crippen molar-refractivity contribution in [1.82, 2.24) is 0 Å². The number of amides is 1. The first-order chi connectivity index (χ1) is 10.6. The molecule has 24 heavy (non-hydrogen) atoms. The van der Waals surface area contributed by atoms with Crippen LogP contribution < -0.4 is 61.0 Å². The van der Waals surface area contributed by atoms with E-state index < -0.39 is 17.7 Å². The Hall–Kier alpha value is -0.114. The van der Waals surface area contributed by atoms with E-state index in [0.29, 0.717) is 10.7 Å². The molecule has 0 bridgehead atoms. The molecule has 1 amide bonds. The molecule has 1 aromatic rings. The monoisotopic (exact) mass is 381 g/mol. The van der Waals surface area contributed by atoms with Crippen LogP contribution in [0.15, 0.2) is 18.2 Å².